The summed E-state index contributed by atoms with van der Waals surface area (Å²) in [7, 11) is 0. The summed E-state index contributed by atoms with van der Waals surface area (Å²) in [5.74, 6) is -0.434. The van der Waals surface area contributed by atoms with Gasteiger partial charge in [0, 0.05) is 10.9 Å². The van der Waals surface area contributed by atoms with Crippen LogP contribution in [-0.2, 0) is 0 Å². The number of rotatable bonds is 3. The second-order valence-electron chi connectivity index (χ2n) is 6.98. The quantitative estimate of drug-likeness (QED) is 0.404. The predicted octanol–water partition coefficient (Wildman–Crippen LogP) is 5.60. The molecule has 0 spiro atoms. The number of carbonyl (C=O) groups is 1. The fraction of sp³-hybridized carbons (Fsp3) is 0. The first-order chi connectivity index (χ1) is 14.7. The van der Waals surface area contributed by atoms with Crippen LogP contribution in [0.4, 0.5) is 0 Å². The van der Waals surface area contributed by atoms with Crippen LogP contribution in [0.2, 0.25) is 0 Å². The van der Waals surface area contributed by atoms with Crippen molar-refractivity contribution in [2.75, 3.05) is 0 Å². The molecule has 0 saturated heterocycles. The summed E-state index contributed by atoms with van der Waals surface area (Å²) in [6, 6.07) is 32.4. The van der Waals surface area contributed by atoms with Crippen molar-refractivity contribution in [1.29, 1.82) is 5.26 Å². The van der Waals surface area contributed by atoms with E-state index in [1.54, 1.807) is 41.1 Å². The molecule has 5 aromatic rings. The third kappa shape index (κ3) is 2.99. The lowest BCUT2D eigenvalue weighted by molar-refractivity contribution is 0.0490. The zero-order valence-electron chi connectivity index (χ0n) is 15.9. The van der Waals surface area contributed by atoms with Gasteiger partial charge in [0.2, 0.25) is 0 Å². The van der Waals surface area contributed by atoms with Crippen molar-refractivity contribution in [3.8, 4) is 17.3 Å². The molecule has 4 aromatic carbocycles. The highest BCUT2D eigenvalue weighted by molar-refractivity contribution is 6.08. The van der Waals surface area contributed by atoms with Crippen LogP contribution in [0.15, 0.2) is 97.1 Å². The monoisotopic (exact) mass is 388 g/mol. The first-order valence-electron chi connectivity index (χ1n) is 9.56. The Morgan fingerprint density at radius 1 is 0.800 bits per heavy atom. The average molecular weight is 388 g/mol. The molecule has 142 valence electrons. The maximum Gasteiger partial charge on any atom is 0.363 e. The molecule has 30 heavy (non-hydrogen) atoms. The molecule has 0 aliphatic carbocycles. The number of carbonyl (C=O) groups excluding carboxylic acids is 1. The van der Waals surface area contributed by atoms with Crippen LogP contribution in [-0.4, -0.2) is 10.7 Å². The molecule has 4 heteroatoms. The van der Waals surface area contributed by atoms with Gasteiger partial charge in [0.05, 0.1) is 28.4 Å². The van der Waals surface area contributed by atoms with Crippen molar-refractivity contribution in [2.45, 2.75) is 0 Å². The van der Waals surface area contributed by atoms with Crippen LogP contribution >= 0.6 is 0 Å². The van der Waals surface area contributed by atoms with Crippen molar-refractivity contribution in [2.24, 2.45) is 0 Å². The van der Waals surface area contributed by atoms with Gasteiger partial charge in [0.1, 0.15) is 0 Å². The number of aromatic nitrogens is 1. The Kier molecular flexibility index (Phi) is 4.27. The van der Waals surface area contributed by atoms with E-state index in [0.29, 0.717) is 11.1 Å². The minimum absolute atomic E-state index is 0.434. The topological polar surface area (TPSA) is 55.0 Å². The Labute approximate surface area is 173 Å². The van der Waals surface area contributed by atoms with E-state index in [2.05, 4.69) is 18.2 Å². The van der Waals surface area contributed by atoms with Crippen molar-refractivity contribution >= 4 is 27.6 Å². The second-order valence-corrected chi connectivity index (χ2v) is 6.98. The fourth-order valence-electron chi connectivity index (χ4n) is 3.66. The molecule has 4 nitrogen and oxygen atoms in total. The smallest absolute Gasteiger partial charge is 0.330 e. The van der Waals surface area contributed by atoms with Crippen molar-refractivity contribution in [3.05, 3.63) is 108 Å². The third-order valence-electron chi connectivity index (χ3n) is 5.16. The molecule has 0 aliphatic heterocycles. The zero-order chi connectivity index (χ0) is 20.5. The molecule has 1 aromatic heterocycles. The summed E-state index contributed by atoms with van der Waals surface area (Å²) in [5, 5.41) is 12.3. The van der Waals surface area contributed by atoms with E-state index >= 15 is 0 Å². The third-order valence-corrected chi connectivity index (χ3v) is 5.16. The van der Waals surface area contributed by atoms with Gasteiger partial charge in [-0.3, -0.25) is 0 Å². The van der Waals surface area contributed by atoms with Crippen LogP contribution in [0, 0.1) is 11.3 Å². The molecule has 0 aliphatic rings. The number of fused-ring (bicyclic) bond motifs is 3. The van der Waals surface area contributed by atoms with Gasteiger partial charge in [-0.15, -0.1) is 0 Å². The Balaban J connectivity index is 1.72. The molecule has 0 fully saturated rings. The molecule has 0 radical (unpaired) electrons. The van der Waals surface area contributed by atoms with Gasteiger partial charge in [0.25, 0.3) is 0 Å². The van der Waals surface area contributed by atoms with Gasteiger partial charge in [-0.05, 0) is 47.2 Å². The van der Waals surface area contributed by atoms with Crippen LogP contribution in [0.5, 0.6) is 0 Å². The van der Waals surface area contributed by atoms with E-state index in [4.69, 9.17) is 10.1 Å². The zero-order valence-corrected chi connectivity index (χ0v) is 15.9. The van der Waals surface area contributed by atoms with E-state index in [9.17, 15) is 4.79 Å². The molecule has 0 amide bonds. The SMILES string of the molecule is N#Cc1ccc(-c2cc3c4ccccc4ccc3n2OC(=O)c2ccccc2)cc1. The van der Waals surface area contributed by atoms with Gasteiger partial charge < -0.3 is 4.84 Å². The lowest BCUT2D eigenvalue weighted by atomic mass is 10.1. The van der Waals surface area contributed by atoms with Crippen LogP contribution in [0.3, 0.4) is 0 Å². The van der Waals surface area contributed by atoms with Crippen molar-refractivity contribution in [1.82, 2.24) is 4.73 Å². The molecule has 5 rings (SSSR count). The van der Waals surface area contributed by atoms with E-state index < -0.39 is 5.97 Å². The maximum absolute atomic E-state index is 12.8. The molecule has 0 bridgehead atoms. The lowest BCUT2D eigenvalue weighted by Crippen LogP contribution is -2.20. The standard InChI is InChI=1S/C26H16N2O2/c27-17-18-10-12-20(13-11-18)25-16-23-22-9-5-4-6-19(22)14-15-24(23)28(25)30-26(29)21-7-2-1-3-8-21/h1-16H. The second kappa shape index (κ2) is 7.23. The van der Waals surface area contributed by atoms with Crippen LogP contribution in [0.1, 0.15) is 15.9 Å². The van der Waals surface area contributed by atoms with E-state index in [-0.39, 0.29) is 0 Å². The van der Waals surface area contributed by atoms with E-state index in [1.807, 2.05) is 48.5 Å². The lowest BCUT2D eigenvalue weighted by Gasteiger charge is -2.11. The van der Waals surface area contributed by atoms with E-state index in [1.165, 1.54) is 0 Å². The molecule has 0 unspecified atom stereocenters. The van der Waals surface area contributed by atoms with Crippen molar-refractivity contribution in [3.63, 3.8) is 0 Å². The Bertz CT molecular complexity index is 1430. The van der Waals surface area contributed by atoms with Crippen molar-refractivity contribution < 1.29 is 9.63 Å². The van der Waals surface area contributed by atoms with Crippen LogP contribution in [0.25, 0.3) is 32.9 Å². The Morgan fingerprint density at radius 3 is 2.30 bits per heavy atom. The largest absolute Gasteiger partial charge is 0.363 e. The van der Waals surface area contributed by atoms with E-state index in [0.717, 1.165) is 32.9 Å². The average Bonchev–Trinajstić information content (AvgIpc) is 3.18. The summed E-state index contributed by atoms with van der Waals surface area (Å²) in [6.07, 6.45) is 0. The van der Waals surface area contributed by atoms with Gasteiger partial charge in [-0.25, -0.2) is 4.79 Å². The first kappa shape index (κ1) is 17.7. The predicted molar refractivity (Wildman–Crippen MR) is 117 cm³/mol. The highest BCUT2D eigenvalue weighted by atomic mass is 16.7. The Hall–Kier alpha value is -4.36. The normalized spacial score (nSPS) is 10.8. The maximum atomic E-state index is 12.8. The molecular formula is C26H16N2O2. The molecule has 0 N–H and O–H groups in total. The molecule has 0 atom stereocenters. The number of nitriles is 1. The highest BCUT2D eigenvalue weighted by Gasteiger charge is 2.17. The van der Waals surface area contributed by atoms with Gasteiger partial charge >= 0.3 is 5.97 Å². The Morgan fingerprint density at radius 2 is 1.53 bits per heavy atom. The summed E-state index contributed by atoms with van der Waals surface area (Å²) in [6.45, 7) is 0. The highest BCUT2D eigenvalue weighted by Crippen LogP contribution is 2.32. The van der Waals surface area contributed by atoms with Gasteiger partial charge in [-0.2, -0.15) is 9.99 Å². The number of hydrogen-bond acceptors (Lipinski definition) is 3. The van der Waals surface area contributed by atoms with Gasteiger partial charge in [0.15, 0.2) is 0 Å². The summed E-state index contributed by atoms with van der Waals surface area (Å²) < 4.78 is 1.58. The van der Waals surface area contributed by atoms with Gasteiger partial charge in [-0.1, -0.05) is 60.7 Å². The summed E-state index contributed by atoms with van der Waals surface area (Å²) in [4.78, 5) is 18.7. The molecule has 1 heterocycles. The summed E-state index contributed by atoms with van der Waals surface area (Å²) >= 11 is 0. The molecular weight excluding hydrogens is 372 g/mol. The number of hydrogen-bond donors (Lipinski definition) is 0. The number of benzene rings is 4. The fourth-order valence-corrected chi connectivity index (χ4v) is 3.66. The minimum atomic E-state index is -0.434. The first-order valence-corrected chi connectivity index (χ1v) is 9.56. The van der Waals surface area contributed by atoms with Crippen LogP contribution < -0.4 is 4.84 Å². The molecule has 0 saturated carbocycles. The number of nitrogens with zero attached hydrogens (tertiary/aromatic N) is 2. The minimum Gasteiger partial charge on any atom is -0.330 e. The summed E-state index contributed by atoms with van der Waals surface area (Å²) in [5.41, 5.74) is 3.46.